The molecule has 0 saturated carbocycles. The molecule has 24 heavy (non-hydrogen) atoms. The van der Waals surface area contributed by atoms with Crippen LogP contribution in [0.1, 0.15) is 31.8 Å². The molecule has 1 aromatic heterocycles. The molecule has 0 bridgehead atoms. The molecule has 0 unspecified atom stereocenters. The predicted molar refractivity (Wildman–Crippen MR) is 90.4 cm³/mol. The second-order valence-corrected chi connectivity index (χ2v) is 6.06. The number of carbonyl (C=O) groups excluding carboxylic acids is 1. The summed E-state index contributed by atoms with van der Waals surface area (Å²) in [5.41, 5.74) is 2.79. The Bertz CT molecular complexity index is 785. The Hall–Kier alpha value is -2.89. The van der Waals surface area contributed by atoms with Crippen molar-refractivity contribution in [3.8, 4) is 0 Å². The molecule has 2 heterocycles. The molecule has 0 atom stereocenters. The number of nitrogens with zero attached hydrogens (tertiary/aromatic N) is 3. The van der Waals surface area contributed by atoms with Crippen molar-refractivity contribution in [1.82, 2.24) is 9.88 Å². The highest BCUT2D eigenvalue weighted by atomic mass is 16.4. The van der Waals surface area contributed by atoms with E-state index in [1.54, 1.807) is 29.3 Å². The Balaban J connectivity index is 1.80. The average molecular weight is 325 g/mol. The van der Waals surface area contributed by atoms with Crippen molar-refractivity contribution in [2.24, 2.45) is 0 Å². The zero-order valence-corrected chi connectivity index (χ0v) is 13.7. The maximum Gasteiger partial charge on any atom is 0.335 e. The molecule has 0 saturated heterocycles. The molecule has 0 radical (unpaired) electrons. The number of aromatic carboxylic acids is 1. The van der Waals surface area contributed by atoms with Crippen molar-refractivity contribution >= 4 is 17.7 Å². The van der Waals surface area contributed by atoms with Crippen LogP contribution in [0, 0.1) is 0 Å². The summed E-state index contributed by atoms with van der Waals surface area (Å²) < 4.78 is 0. The lowest BCUT2D eigenvalue weighted by molar-refractivity contribution is 0.0696. The third-order valence-corrected chi connectivity index (χ3v) is 4.21. The van der Waals surface area contributed by atoms with Gasteiger partial charge in [0, 0.05) is 33.4 Å². The zero-order chi connectivity index (χ0) is 17.3. The highest BCUT2D eigenvalue weighted by Crippen LogP contribution is 2.22. The van der Waals surface area contributed by atoms with E-state index < -0.39 is 5.97 Å². The lowest BCUT2D eigenvalue weighted by atomic mass is 9.97. The van der Waals surface area contributed by atoms with E-state index in [1.165, 1.54) is 0 Å². The van der Waals surface area contributed by atoms with Gasteiger partial charge in [-0.1, -0.05) is 6.07 Å². The molecule has 6 heteroatoms. The predicted octanol–water partition coefficient (Wildman–Crippen LogP) is 2.04. The van der Waals surface area contributed by atoms with Crippen LogP contribution >= 0.6 is 0 Å². The Morgan fingerprint density at radius 2 is 1.88 bits per heavy atom. The van der Waals surface area contributed by atoms with Crippen molar-refractivity contribution in [3.05, 3.63) is 58.8 Å². The summed E-state index contributed by atoms with van der Waals surface area (Å²) in [5, 5.41) is 9.12. The molecular formula is C18H19N3O3. The fraction of sp³-hybridized carbons (Fsp3) is 0.278. The summed E-state index contributed by atoms with van der Waals surface area (Å²) in [7, 11) is 3.79. The van der Waals surface area contributed by atoms with E-state index in [9.17, 15) is 9.59 Å². The molecule has 1 amide bonds. The van der Waals surface area contributed by atoms with Gasteiger partial charge < -0.3 is 14.9 Å². The number of benzene rings is 1. The van der Waals surface area contributed by atoms with Gasteiger partial charge in [0.2, 0.25) is 0 Å². The Morgan fingerprint density at radius 3 is 2.50 bits per heavy atom. The standard InChI is InChI=1S/C18H19N3O3/c1-20(2)16-6-5-14(10-19-16)17(22)21-8-7-12-3-4-13(18(23)24)9-15(12)11-21/h3-6,9-10H,7-8,11H2,1-2H3,(H,23,24). The zero-order valence-electron chi connectivity index (χ0n) is 13.7. The number of fused-ring (bicyclic) bond motifs is 1. The monoisotopic (exact) mass is 325 g/mol. The molecule has 2 aromatic rings. The van der Waals surface area contributed by atoms with Crippen LogP contribution in [0.4, 0.5) is 5.82 Å². The Morgan fingerprint density at radius 1 is 1.12 bits per heavy atom. The first-order chi connectivity index (χ1) is 11.5. The van der Waals surface area contributed by atoms with Gasteiger partial charge in [-0.2, -0.15) is 0 Å². The summed E-state index contributed by atoms with van der Waals surface area (Å²) in [4.78, 5) is 31.7. The summed E-state index contributed by atoms with van der Waals surface area (Å²) in [6.07, 6.45) is 2.31. The number of aromatic nitrogens is 1. The normalized spacial score (nSPS) is 13.3. The van der Waals surface area contributed by atoms with Gasteiger partial charge >= 0.3 is 5.97 Å². The largest absolute Gasteiger partial charge is 0.478 e. The fourth-order valence-corrected chi connectivity index (χ4v) is 2.82. The van der Waals surface area contributed by atoms with Gasteiger partial charge in [0.25, 0.3) is 5.91 Å². The lowest BCUT2D eigenvalue weighted by Gasteiger charge is -2.29. The summed E-state index contributed by atoms with van der Waals surface area (Å²) in [5.74, 6) is -0.245. The van der Waals surface area contributed by atoms with E-state index in [1.807, 2.05) is 31.1 Å². The van der Waals surface area contributed by atoms with E-state index >= 15 is 0 Å². The molecule has 1 N–H and O–H groups in total. The van der Waals surface area contributed by atoms with Crippen LogP contribution in [-0.2, 0) is 13.0 Å². The molecule has 0 fully saturated rings. The number of anilines is 1. The van der Waals surface area contributed by atoms with Crippen molar-refractivity contribution in [1.29, 1.82) is 0 Å². The highest BCUT2D eigenvalue weighted by Gasteiger charge is 2.23. The van der Waals surface area contributed by atoms with Gasteiger partial charge in [0.05, 0.1) is 11.1 Å². The van der Waals surface area contributed by atoms with Crippen LogP contribution in [0.2, 0.25) is 0 Å². The number of rotatable bonds is 3. The van der Waals surface area contributed by atoms with Crippen molar-refractivity contribution in [2.75, 3.05) is 25.5 Å². The van der Waals surface area contributed by atoms with Crippen molar-refractivity contribution in [2.45, 2.75) is 13.0 Å². The molecule has 1 aromatic carbocycles. The van der Waals surface area contributed by atoms with Crippen LogP contribution in [-0.4, -0.2) is 47.5 Å². The first kappa shape index (κ1) is 16.0. The third kappa shape index (κ3) is 3.08. The van der Waals surface area contributed by atoms with Gasteiger partial charge in [-0.25, -0.2) is 9.78 Å². The third-order valence-electron chi connectivity index (χ3n) is 4.21. The van der Waals surface area contributed by atoms with E-state index in [2.05, 4.69) is 4.98 Å². The summed E-state index contributed by atoms with van der Waals surface area (Å²) in [6.45, 7) is 1.04. The molecule has 1 aliphatic rings. The van der Waals surface area contributed by atoms with Crippen LogP contribution in [0.15, 0.2) is 36.5 Å². The number of carboxylic acid groups (broad SMARTS) is 1. The van der Waals surface area contributed by atoms with Crippen molar-refractivity contribution in [3.63, 3.8) is 0 Å². The maximum atomic E-state index is 12.7. The fourth-order valence-electron chi connectivity index (χ4n) is 2.82. The van der Waals surface area contributed by atoms with E-state index in [-0.39, 0.29) is 11.5 Å². The summed E-state index contributed by atoms with van der Waals surface area (Å²) >= 11 is 0. The summed E-state index contributed by atoms with van der Waals surface area (Å²) in [6, 6.07) is 8.70. The molecular weight excluding hydrogens is 306 g/mol. The number of carboxylic acids is 1. The van der Waals surface area contributed by atoms with Crippen LogP contribution in [0.3, 0.4) is 0 Å². The minimum Gasteiger partial charge on any atom is -0.478 e. The first-order valence-electron chi connectivity index (χ1n) is 7.73. The van der Waals surface area contributed by atoms with Crippen molar-refractivity contribution < 1.29 is 14.7 Å². The number of hydrogen-bond acceptors (Lipinski definition) is 4. The molecule has 1 aliphatic heterocycles. The quantitative estimate of drug-likeness (QED) is 0.935. The van der Waals surface area contributed by atoms with Gasteiger partial charge in [-0.15, -0.1) is 0 Å². The molecule has 124 valence electrons. The number of amides is 1. The molecule has 0 spiro atoms. The van der Waals surface area contributed by atoms with Crippen LogP contribution in [0.25, 0.3) is 0 Å². The van der Waals surface area contributed by atoms with Crippen LogP contribution in [0.5, 0.6) is 0 Å². The second kappa shape index (κ2) is 6.31. The van der Waals surface area contributed by atoms with Crippen LogP contribution < -0.4 is 4.90 Å². The number of pyridine rings is 1. The number of hydrogen-bond donors (Lipinski definition) is 1. The minimum atomic E-state index is -0.954. The van der Waals surface area contributed by atoms with Gasteiger partial charge in [0.1, 0.15) is 5.82 Å². The topological polar surface area (TPSA) is 73.7 Å². The smallest absolute Gasteiger partial charge is 0.335 e. The van der Waals surface area contributed by atoms with Gasteiger partial charge in [-0.3, -0.25) is 4.79 Å². The Kier molecular flexibility index (Phi) is 4.20. The average Bonchev–Trinajstić information content (AvgIpc) is 2.60. The maximum absolute atomic E-state index is 12.7. The van der Waals surface area contributed by atoms with Gasteiger partial charge in [0.15, 0.2) is 0 Å². The lowest BCUT2D eigenvalue weighted by Crippen LogP contribution is -2.36. The Labute approximate surface area is 140 Å². The highest BCUT2D eigenvalue weighted by molar-refractivity contribution is 5.94. The van der Waals surface area contributed by atoms with E-state index in [0.717, 1.165) is 23.4 Å². The van der Waals surface area contributed by atoms with Gasteiger partial charge in [-0.05, 0) is 41.8 Å². The molecule has 3 rings (SSSR count). The second-order valence-electron chi connectivity index (χ2n) is 6.06. The molecule has 6 nitrogen and oxygen atoms in total. The van der Waals surface area contributed by atoms with E-state index in [4.69, 9.17) is 5.11 Å². The first-order valence-corrected chi connectivity index (χ1v) is 7.73. The SMILES string of the molecule is CN(C)c1ccc(C(=O)N2CCc3ccc(C(=O)O)cc3C2)cn1. The molecule has 0 aliphatic carbocycles. The van der Waals surface area contributed by atoms with E-state index in [0.29, 0.717) is 18.7 Å². The number of carbonyl (C=O) groups is 2. The minimum absolute atomic E-state index is 0.0841.